The number of nitrogens with one attached hydrogen (secondary N) is 2. The number of hydrogen-bond donors (Lipinski definition) is 2. The highest BCUT2D eigenvalue weighted by Crippen LogP contribution is 2.19. The molecule has 0 amide bonds. The lowest BCUT2D eigenvalue weighted by Crippen LogP contribution is -2.49. The summed E-state index contributed by atoms with van der Waals surface area (Å²) in [5.74, 6) is 2.41. The number of pyridine rings is 1. The summed E-state index contributed by atoms with van der Waals surface area (Å²) in [7, 11) is 3.46. The number of rotatable bonds is 8. The van der Waals surface area contributed by atoms with Gasteiger partial charge in [0.05, 0.1) is 19.3 Å². The first-order valence-electron chi connectivity index (χ1n) is 10.6. The summed E-state index contributed by atoms with van der Waals surface area (Å²) in [6.07, 6.45) is 4.03. The molecule has 1 aromatic heterocycles. The lowest BCUT2D eigenvalue weighted by molar-refractivity contribution is 0.195. The Bertz CT molecular complexity index is 798. The van der Waals surface area contributed by atoms with Crippen LogP contribution in [0.5, 0.6) is 11.5 Å². The van der Waals surface area contributed by atoms with Gasteiger partial charge in [0.2, 0.25) is 0 Å². The van der Waals surface area contributed by atoms with E-state index in [1.165, 1.54) is 0 Å². The first-order chi connectivity index (χ1) is 14.7. The van der Waals surface area contributed by atoms with Gasteiger partial charge in [-0.1, -0.05) is 12.1 Å². The van der Waals surface area contributed by atoms with Crippen molar-refractivity contribution in [2.45, 2.75) is 38.5 Å². The molecular formula is C23H34IN5O2. The van der Waals surface area contributed by atoms with Gasteiger partial charge in [-0.2, -0.15) is 0 Å². The highest BCUT2D eigenvalue weighted by atomic mass is 127. The van der Waals surface area contributed by atoms with Gasteiger partial charge in [-0.15, -0.1) is 24.0 Å². The molecule has 0 bridgehead atoms. The Morgan fingerprint density at radius 3 is 2.65 bits per heavy atom. The maximum Gasteiger partial charge on any atom is 0.191 e. The predicted molar refractivity (Wildman–Crippen MR) is 136 cm³/mol. The number of benzene rings is 1. The molecule has 0 radical (unpaired) electrons. The van der Waals surface area contributed by atoms with Crippen molar-refractivity contribution in [3.8, 4) is 11.5 Å². The molecule has 2 heterocycles. The van der Waals surface area contributed by atoms with Crippen molar-refractivity contribution >= 4 is 29.9 Å². The van der Waals surface area contributed by atoms with Crippen LogP contribution in [0.1, 0.15) is 25.5 Å². The minimum Gasteiger partial charge on any atom is -0.497 e. The third-order valence-corrected chi connectivity index (χ3v) is 5.20. The Morgan fingerprint density at radius 1 is 1.19 bits per heavy atom. The van der Waals surface area contributed by atoms with E-state index < -0.39 is 0 Å². The first kappa shape index (κ1) is 25.2. The number of methoxy groups -OCH3 is 1. The third kappa shape index (κ3) is 8.53. The molecule has 7 nitrogen and oxygen atoms in total. The van der Waals surface area contributed by atoms with Gasteiger partial charge in [-0.3, -0.25) is 14.9 Å². The normalized spacial score (nSPS) is 16.2. The van der Waals surface area contributed by atoms with Crippen molar-refractivity contribution in [1.82, 2.24) is 20.5 Å². The van der Waals surface area contributed by atoms with Gasteiger partial charge in [0.25, 0.3) is 0 Å². The van der Waals surface area contributed by atoms with Gasteiger partial charge in [-0.05, 0) is 44.0 Å². The van der Waals surface area contributed by atoms with Crippen LogP contribution in [-0.2, 0) is 6.54 Å². The molecule has 170 valence electrons. The fourth-order valence-electron chi connectivity index (χ4n) is 3.53. The van der Waals surface area contributed by atoms with Gasteiger partial charge in [-0.25, -0.2) is 0 Å². The molecular weight excluding hydrogens is 505 g/mol. The quantitative estimate of drug-likeness (QED) is 0.305. The van der Waals surface area contributed by atoms with Crippen molar-refractivity contribution in [2.75, 3.05) is 33.8 Å². The number of guanidine groups is 1. The molecule has 31 heavy (non-hydrogen) atoms. The summed E-state index contributed by atoms with van der Waals surface area (Å²) in [5.41, 5.74) is 1.13. The van der Waals surface area contributed by atoms with Gasteiger partial charge in [0.1, 0.15) is 17.6 Å². The van der Waals surface area contributed by atoms with Crippen LogP contribution in [0.25, 0.3) is 0 Å². The molecule has 1 unspecified atom stereocenters. The zero-order valence-electron chi connectivity index (χ0n) is 18.6. The van der Waals surface area contributed by atoms with Crippen LogP contribution in [-0.4, -0.2) is 61.8 Å². The standard InChI is InChI=1S/C23H33N5O2.HI/c1-18(30-22-9-6-8-21(15-22)29-3)16-26-23(24-2)27-19-10-13-28(14-11-19)17-20-7-4-5-12-25-20;/h4-9,12,15,18-19H,10-11,13-14,16-17H2,1-3H3,(H2,24,26,27);1H. The Labute approximate surface area is 202 Å². The van der Waals surface area contributed by atoms with E-state index >= 15 is 0 Å². The molecule has 1 atom stereocenters. The molecule has 2 N–H and O–H groups in total. The van der Waals surface area contributed by atoms with E-state index in [2.05, 4.69) is 31.6 Å². The average molecular weight is 539 g/mol. The number of nitrogens with zero attached hydrogens (tertiary/aromatic N) is 3. The molecule has 0 aliphatic carbocycles. The minimum atomic E-state index is -0.00382. The van der Waals surface area contributed by atoms with Crippen LogP contribution >= 0.6 is 24.0 Å². The molecule has 1 aliphatic heterocycles. The fourth-order valence-corrected chi connectivity index (χ4v) is 3.53. The summed E-state index contributed by atoms with van der Waals surface area (Å²) >= 11 is 0. The highest BCUT2D eigenvalue weighted by molar-refractivity contribution is 14.0. The molecule has 1 aromatic carbocycles. The van der Waals surface area contributed by atoms with Gasteiger partial charge >= 0.3 is 0 Å². The van der Waals surface area contributed by atoms with E-state index in [0.717, 1.165) is 55.6 Å². The number of ether oxygens (including phenoxy) is 2. The van der Waals surface area contributed by atoms with Crippen LogP contribution < -0.4 is 20.1 Å². The number of likely N-dealkylation sites (tertiary alicyclic amines) is 1. The van der Waals surface area contributed by atoms with Crippen LogP contribution in [0.2, 0.25) is 0 Å². The molecule has 0 spiro atoms. The van der Waals surface area contributed by atoms with Crippen LogP contribution in [0, 0.1) is 0 Å². The van der Waals surface area contributed by atoms with Crippen LogP contribution in [0.3, 0.4) is 0 Å². The molecule has 8 heteroatoms. The number of aliphatic imine (C=N–C) groups is 1. The van der Waals surface area contributed by atoms with Gasteiger partial charge in [0, 0.05) is 45.0 Å². The average Bonchev–Trinajstić information content (AvgIpc) is 2.78. The van der Waals surface area contributed by atoms with E-state index in [1.807, 2.05) is 49.5 Å². The molecule has 0 saturated carbocycles. The van der Waals surface area contributed by atoms with Crippen molar-refractivity contribution in [3.63, 3.8) is 0 Å². The Kier molecular flexibility index (Phi) is 10.9. The lowest BCUT2D eigenvalue weighted by atomic mass is 10.0. The van der Waals surface area contributed by atoms with E-state index in [1.54, 1.807) is 14.2 Å². The number of piperidine rings is 1. The number of halogens is 1. The number of hydrogen-bond acceptors (Lipinski definition) is 5. The van der Waals surface area contributed by atoms with Crippen molar-refractivity contribution in [2.24, 2.45) is 4.99 Å². The van der Waals surface area contributed by atoms with Crippen LogP contribution in [0.15, 0.2) is 53.7 Å². The summed E-state index contributed by atoms with van der Waals surface area (Å²) in [4.78, 5) is 11.3. The molecule has 1 fully saturated rings. The second-order valence-electron chi connectivity index (χ2n) is 7.58. The van der Waals surface area contributed by atoms with E-state index in [9.17, 15) is 0 Å². The van der Waals surface area contributed by atoms with Gasteiger partial charge in [0.15, 0.2) is 5.96 Å². The van der Waals surface area contributed by atoms with E-state index in [-0.39, 0.29) is 30.1 Å². The Morgan fingerprint density at radius 2 is 1.97 bits per heavy atom. The second-order valence-corrected chi connectivity index (χ2v) is 7.58. The largest absolute Gasteiger partial charge is 0.497 e. The number of aromatic nitrogens is 1. The fraction of sp³-hybridized carbons (Fsp3) is 0.478. The van der Waals surface area contributed by atoms with Crippen molar-refractivity contribution in [3.05, 3.63) is 54.4 Å². The van der Waals surface area contributed by atoms with Crippen molar-refractivity contribution < 1.29 is 9.47 Å². The summed E-state index contributed by atoms with van der Waals surface area (Å²) in [6, 6.07) is 14.2. The monoisotopic (exact) mass is 539 g/mol. The molecule has 1 aliphatic rings. The Balaban J connectivity index is 0.00000341. The molecule has 1 saturated heterocycles. The zero-order valence-corrected chi connectivity index (χ0v) is 20.9. The third-order valence-electron chi connectivity index (χ3n) is 5.20. The Hall–Kier alpha value is -2.07. The summed E-state index contributed by atoms with van der Waals surface area (Å²) in [5, 5.41) is 6.92. The minimum absolute atomic E-state index is 0. The topological polar surface area (TPSA) is 71.0 Å². The lowest BCUT2D eigenvalue weighted by Gasteiger charge is -2.33. The smallest absolute Gasteiger partial charge is 0.191 e. The zero-order chi connectivity index (χ0) is 21.2. The van der Waals surface area contributed by atoms with Crippen LogP contribution in [0.4, 0.5) is 0 Å². The first-order valence-corrected chi connectivity index (χ1v) is 10.6. The summed E-state index contributed by atoms with van der Waals surface area (Å²) in [6.45, 7) is 5.73. The van der Waals surface area contributed by atoms with Crippen molar-refractivity contribution in [1.29, 1.82) is 0 Å². The maximum atomic E-state index is 5.97. The second kappa shape index (κ2) is 13.4. The van der Waals surface area contributed by atoms with Gasteiger partial charge < -0.3 is 20.1 Å². The van der Waals surface area contributed by atoms with E-state index in [4.69, 9.17) is 9.47 Å². The predicted octanol–water partition coefficient (Wildman–Crippen LogP) is 3.31. The molecule has 3 rings (SSSR count). The van der Waals surface area contributed by atoms with E-state index in [0.29, 0.717) is 12.6 Å². The SMILES string of the molecule is CN=C(NCC(C)Oc1cccc(OC)c1)NC1CCN(Cc2ccccn2)CC1.I. The highest BCUT2D eigenvalue weighted by Gasteiger charge is 2.20. The summed E-state index contributed by atoms with van der Waals surface area (Å²) < 4.78 is 11.2. The molecule has 2 aromatic rings. The maximum absolute atomic E-state index is 5.97.